The molecule has 2 aromatic carbocycles. The van der Waals surface area contributed by atoms with Crippen LogP contribution in [0.3, 0.4) is 0 Å². The van der Waals surface area contributed by atoms with Crippen molar-refractivity contribution < 1.29 is 13.2 Å². The molecule has 162 valence electrons. The summed E-state index contributed by atoms with van der Waals surface area (Å²) in [5.41, 5.74) is 2.61. The highest BCUT2D eigenvalue weighted by Gasteiger charge is 2.28. The van der Waals surface area contributed by atoms with Crippen molar-refractivity contribution >= 4 is 27.5 Å². The number of piperazine rings is 1. The summed E-state index contributed by atoms with van der Waals surface area (Å²) in [6, 6.07) is 12.6. The number of hydrogen-bond donors (Lipinski definition) is 1. The Balaban J connectivity index is 1.62. The van der Waals surface area contributed by atoms with E-state index in [1.165, 1.54) is 33.6 Å². The third-order valence-corrected chi connectivity index (χ3v) is 7.56. The molecular formula is C22H28ClN3O3S. The number of halogens is 1. The minimum atomic E-state index is -3.65. The number of hydrogen-bond acceptors (Lipinski definition) is 4. The highest BCUT2D eigenvalue weighted by atomic mass is 35.5. The number of rotatable bonds is 7. The van der Waals surface area contributed by atoms with E-state index in [2.05, 4.69) is 34.5 Å². The zero-order valence-corrected chi connectivity index (χ0v) is 19.0. The maximum Gasteiger partial charge on any atom is 0.252 e. The first-order valence-corrected chi connectivity index (χ1v) is 11.9. The lowest BCUT2D eigenvalue weighted by atomic mass is 10.1. The summed E-state index contributed by atoms with van der Waals surface area (Å²) in [6.45, 7) is 4.76. The van der Waals surface area contributed by atoms with E-state index in [4.69, 9.17) is 11.6 Å². The summed E-state index contributed by atoms with van der Waals surface area (Å²) in [7, 11) is -1.69. The third kappa shape index (κ3) is 5.60. The Morgan fingerprint density at radius 2 is 1.73 bits per heavy atom. The Labute approximate surface area is 183 Å². The number of likely N-dealkylation sites (N-methyl/N-ethyl adjacent to an activating group) is 1. The van der Waals surface area contributed by atoms with Gasteiger partial charge in [0.2, 0.25) is 10.0 Å². The molecule has 3 rings (SSSR count). The summed E-state index contributed by atoms with van der Waals surface area (Å²) in [6.07, 6.45) is 1.64. The molecule has 0 aromatic heterocycles. The summed E-state index contributed by atoms with van der Waals surface area (Å²) in [4.78, 5) is 14.8. The average Bonchev–Trinajstić information content (AvgIpc) is 2.73. The normalized spacial score (nSPS) is 15.8. The van der Waals surface area contributed by atoms with Crippen molar-refractivity contribution in [1.82, 2.24) is 14.5 Å². The molecule has 6 nitrogen and oxygen atoms in total. The van der Waals surface area contributed by atoms with E-state index in [-0.39, 0.29) is 21.4 Å². The molecule has 2 aromatic rings. The van der Waals surface area contributed by atoms with E-state index in [1.54, 1.807) is 0 Å². The molecule has 0 bridgehead atoms. The number of carbonyl (C=O) groups is 1. The second-order valence-electron chi connectivity index (χ2n) is 7.69. The van der Waals surface area contributed by atoms with Gasteiger partial charge in [-0.05, 0) is 50.6 Å². The second kappa shape index (κ2) is 9.92. The van der Waals surface area contributed by atoms with Crippen molar-refractivity contribution in [3.8, 4) is 0 Å². The van der Waals surface area contributed by atoms with Crippen LogP contribution in [-0.2, 0) is 16.4 Å². The highest BCUT2D eigenvalue weighted by molar-refractivity contribution is 7.89. The van der Waals surface area contributed by atoms with Gasteiger partial charge >= 0.3 is 0 Å². The lowest BCUT2D eigenvalue weighted by Gasteiger charge is -2.31. The summed E-state index contributed by atoms with van der Waals surface area (Å²) >= 11 is 6.19. The van der Waals surface area contributed by atoms with Crippen molar-refractivity contribution in [3.63, 3.8) is 0 Å². The Hall–Kier alpha value is -1.93. The molecule has 8 heteroatoms. The van der Waals surface area contributed by atoms with Gasteiger partial charge in [-0.1, -0.05) is 41.4 Å². The Morgan fingerprint density at radius 1 is 1.07 bits per heavy atom. The standard InChI is InChI=1S/C22H28ClN3O3S/c1-17-5-7-18(8-6-17)4-3-11-24-22(27)20-16-19(9-10-21(20)23)30(28,29)26-14-12-25(2)13-15-26/h5-10,16H,3-4,11-15H2,1-2H3,(H,24,27). The van der Waals surface area contributed by atoms with Crippen LogP contribution < -0.4 is 5.32 Å². The van der Waals surface area contributed by atoms with Crippen molar-refractivity contribution in [1.29, 1.82) is 0 Å². The second-order valence-corrected chi connectivity index (χ2v) is 10.0. The first-order chi connectivity index (χ1) is 14.3. The van der Waals surface area contributed by atoms with Crippen LogP contribution in [0, 0.1) is 6.92 Å². The Morgan fingerprint density at radius 3 is 2.40 bits per heavy atom. The van der Waals surface area contributed by atoms with E-state index in [9.17, 15) is 13.2 Å². The van der Waals surface area contributed by atoms with Gasteiger partial charge in [0.05, 0.1) is 15.5 Å². The Bertz CT molecular complexity index is 985. The first-order valence-electron chi connectivity index (χ1n) is 10.1. The molecule has 0 atom stereocenters. The topological polar surface area (TPSA) is 69.7 Å². The van der Waals surface area contributed by atoms with Gasteiger partial charge in [0.25, 0.3) is 5.91 Å². The van der Waals surface area contributed by atoms with Crippen molar-refractivity contribution in [2.45, 2.75) is 24.7 Å². The van der Waals surface area contributed by atoms with E-state index in [0.717, 1.165) is 12.8 Å². The van der Waals surface area contributed by atoms with Gasteiger partial charge in [-0.2, -0.15) is 4.31 Å². The monoisotopic (exact) mass is 449 g/mol. The zero-order chi connectivity index (χ0) is 21.7. The SMILES string of the molecule is Cc1ccc(CCCNC(=O)c2cc(S(=O)(=O)N3CCN(C)CC3)ccc2Cl)cc1. The van der Waals surface area contributed by atoms with Crippen LogP contribution >= 0.6 is 11.6 Å². The van der Waals surface area contributed by atoms with Crippen LogP contribution in [0.2, 0.25) is 5.02 Å². The fourth-order valence-electron chi connectivity index (χ4n) is 3.36. The maximum atomic E-state index is 13.0. The minimum Gasteiger partial charge on any atom is -0.352 e. The van der Waals surface area contributed by atoms with E-state index < -0.39 is 10.0 Å². The number of benzene rings is 2. The van der Waals surface area contributed by atoms with Crippen LogP contribution in [0.25, 0.3) is 0 Å². The molecule has 1 aliphatic heterocycles. The highest BCUT2D eigenvalue weighted by Crippen LogP contribution is 2.24. The quantitative estimate of drug-likeness (QED) is 0.660. The molecule has 0 aliphatic carbocycles. The molecule has 0 spiro atoms. The summed E-state index contributed by atoms with van der Waals surface area (Å²) in [5.74, 6) is -0.362. The van der Waals surface area contributed by atoms with Gasteiger partial charge in [0, 0.05) is 32.7 Å². The smallest absolute Gasteiger partial charge is 0.252 e. The maximum absolute atomic E-state index is 13.0. The van der Waals surface area contributed by atoms with Crippen LogP contribution in [0.5, 0.6) is 0 Å². The van der Waals surface area contributed by atoms with Gasteiger partial charge in [0.1, 0.15) is 0 Å². The Kier molecular flexibility index (Phi) is 7.52. The fourth-order valence-corrected chi connectivity index (χ4v) is 5.01. The summed E-state index contributed by atoms with van der Waals surface area (Å²) in [5, 5.41) is 3.09. The van der Waals surface area contributed by atoms with Gasteiger partial charge in [-0.15, -0.1) is 0 Å². The lowest BCUT2D eigenvalue weighted by molar-refractivity contribution is 0.0953. The van der Waals surface area contributed by atoms with Crippen molar-refractivity contribution in [2.75, 3.05) is 39.8 Å². The van der Waals surface area contributed by atoms with Crippen LogP contribution in [0.1, 0.15) is 27.9 Å². The molecule has 1 amide bonds. The van der Waals surface area contributed by atoms with Gasteiger partial charge in [-0.3, -0.25) is 4.79 Å². The van der Waals surface area contributed by atoms with Crippen LogP contribution in [0.4, 0.5) is 0 Å². The lowest BCUT2D eigenvalue weighted by Crippen LogP contribution is -2.47. The zero-order valence-electron chi connectivity index (χ0n) is 17.4. The number of carbonyl (C=O) groups excluding carboxylic acids is 1. The van der Waals surface area contributed by atoms with E-state index in [0.29, 0.717) is 32.7 Å². The number of sulfonamides is 1. The molecule has 30 heavy (non-hydrogen) atoms. The van der Waals surface area contributed by atoms with E-state index in [1.807, 2.05) is 14.0 Å². The molecule has 1 saturated heterocycles. The van der Waals surface area contributed by atoms with Gasteiger partial charge < -0.3 is 10.2 Å². The number of aryl methyl sites for hydroxylation is 2. The molecule has 1 N–H and O–H groups in total. The largest absolute Gasteiger partial charge is 0.352 e. The number of nitrogens with zero attached hydrogens (tertiary/aromatic N) is 2. The van der Waals surface area contributed by atoms with Crippen LogP contribution in [-0.4, -0.2) is 63.3 Å². The molecule has 0 unspecified atom stereocenters. The van der Waals surface area contributed by atoms with E-state index >= 15 is 0 Å². The number of amides is 1. The molecular weight excluding hydrogens is 422 g/mol. The molecule has 1 fully saturated rings. The minimum absolute atomic E-state index is 0.0984. The fraction of sp³-hybridized carbons (Fsp3) is 0.409. The predicted molar refractivity (Wildman–Crippen MR) is 120 cm³/mol. The average molecular weight is 450 g/mol. The number of nitrogens with one attached hydrogen (secondary N) is 1. The van der Waals surface area contributed by atoms with Crippen molar-refractivity contribution in [3.05, 3.63) is 64.2 Å². The molecule has 0 saturated carbocycles. The van der Waals surface area contributed by atoms with Crippen molar-refractivity contribution in [2.24, 2.45) is 0 Å². The first kappa shape index (κ1) is 22.7. The predicted octanol–water partition coefficient (Wildman–Crippen LogP) is 2.95. The third-order valence-electron chi connectivity index (χ3n) is 5.33. The molecule has 0 radical (unpaired) electrons. The molecule has 1 aliphatic rings. The molecule has 1 heterocycles. The van der Waals surface area contributed by atoms with Gasteiger partial charge in [0.15, 0.2) is 0 Å². The van der Waals surface area contributed by atoms with Crippen LogP contribution in [0.15, 0.2) is 47.4 Å². The summed E-state index contributed by atoms with van der Waals surface area (Å²) < 4.78 is 27.4. The van der Waals surface area contributed by atoms with Gasteiger partial charge in [-0.25, -0.2) is 8.42 Å².